The smallest absolute Gasteiger partial charge is 0.253 e. The SMILES string of the molecule is CCC(C)C(=O)Nc1ccccc1C(=O)NCc1ccccc1. The lowest BCUT2D eigenvalue weighted by molar-refractivity contribution is -0.119. The average molecular weight is 310 g/mol. The van der Waals surface area contributed by atoms with E-state index in [9.17, 15) is 9.59 Å². The highest BCUT2D eigenvalue weighted by Crippen LogP contribution is 2.17. The van der Waals surface area contributed by atoms with Gasteiger partial charge in [0.05, 0.1) is 11.3 Å². The molecule has 0 saturated heterocycles. The van der Waals surface area contributed by atoms with Gasteiger partial charge < -0.3 is 10.6 Å². The van der Waals surface area contributed by atoms with Crippen LogP contribution in [0, 0.1) is 5.92 Å². The van der Waals surface area contributed by atoms with Crippen molar-refractivity contribution in [3.05, 3.63) is 65.7 Å². The molecule has 2 rings (SSSR count). The Hall–Kier alpha value is -2.62. The summed E-state index contributed by atoms with van der Waals surface area (Å²) in [5.41, 5.74) is 2.05. The first-order valence-electron chi connectivity index (χ1n) is 7.83. The van der Waals surface area contributed by atoms with Crippen LogP contribution in [0.15, 0.2) is 54.6 Å². The highest BCUT2D eigenvalue weighted by Gasteiger charge is 2.15. The average Bonchev–Trinajstić information content (AvgIpc) is 2.60. The van der Waals surface area contributed by atoms with Gasteiger partial charge in [-0.25, -0.2) is 0 Å². The molecule has 0 aromatic heterocycles. The van der Waals surface area contributed by atoms with Gasteiger partial charge in [0.15, 0.2) is 0 Å². The van der Waals surface area contributed by atoms with E-state index in [2.05, 4.69) is 10.6 Å². The number of benzene rings is 2. The summed E-state index contributed by atoms with van der Waals surface area (Å²) in [6, 6.07) is 16.8. The molecule has 0 fully saturated rings. The summed E-state index contributed by atoms with van der Waals surface area (Å²) in [5, 5.41) is 5.72. The Kier molecular flexibility index (Phi) is 5.92. The molecule has 0 aliphatic heterocycles. The second-order valence-electron chi connectivity index (χ2n) is 5.51. The number of nitrogens with one attached hydrogen (secondary N) is 2. The predicted molar refractivity (Wildman–Crippen MR) is 92.1 cm³/mol. The van der Waals surface area contributed by atoms with E-state index in [1.807, 2.05) is 44.2 Å². The molecule has 0 spiro atoms. The predicted octanol–water partition coefficient (Wildman–Crippen LogP) is 3.60. The summed E-state index contributed by atoms with van der Waals surface area (Å²) in [6.07, 6.45) is 0.758. The fraction of sp³-hybridized carbons (Fsp3) is 0.263. The molecule has 0 aliphatic rings. The van der Waals surface area contributed by atoms with E-state index >= 15 is 0 Å². The standard InChI is InChI=1S/C19H22N2O2/c1-3-14(2)18(22)21-17-12-8-7-11-16(17)19(23)20-13-15-9-5-4-6-10-15/h4-12,14H,3,13H2,1-2H3,(H,20,23)(H,21,22). The molecule has 120 valence electrons. The minimum absolute atomic E-state index is 0.0733. The van der Waals surface area contributed by atoms with E-state index < -0.39 is 0 Å². The van der Waals surface area contributed by atoms with Crippen molar-refractivity contribution in [3.8, 4) is 0 Å². The molecular formula is C19H22N2O2. The number of para-hydroxylation sites is 1. The summed E-state index contributed by atoms with van der Waals surface area (Å²) in [4.78, 5) is 24.5. The van der Waals surface area contributed by atoms with E-state index in [0.29, 0.717) is 17.8 Å². The van der Waals surface area contributed by atoms with Crippen molar-refractivity contribution in [2.45, 2.75) is 26.8 Å². The van der Waals surface area contributed by atoms with Crippen molar-refractivity contribution in [1.29, 1.82) is 0 Å². The summed E-state index contributed by atoms with van der Waals surface area (Å²) in [7, 11) is 0. The van der Waals surface area contributed by atoms with Crippen molar-refractivity contribution in [3.63, 3.8) is 0 Å². The lowest BCUT2D eigenvalue weighted by Gasteiger charge is -2.14. The second-order valence-corrected chi connectivity index (χ2v) is 5.51. The van der Waals surface area contributed by atoms with Crippen LogP contribution in [0.4, 0.5) is 5.69 Å². The molecule has 23 heavy (non-hydrogen) atoms. The highest BCUT2D eigenvalue weighted by atomic mass is 16.2. The Morgan fingerprint density at radius 1 is 1.00 bits per heavy atom. The fourth-order valence-electron chi connectivity index (χ4n) is 2.10. The van der Waals surface area contributed by atoms with Crippen LogP contribution < -0.4 is 10.6 Å². The number of carbonyl (C=O) groups is 2. The molecule has 2 aromatic rings. The van der Waals surface area contributed by atoms with Crippen LogP contribution in [0.25, 0.3) is 0 Å². The van der Waals surface area contributed by atoms with Gasteiger partial charge in [0, 0.05) is 12.5 Å². The minimum Gasteiger partial charge on any atom is -0.348 e. The zero-order chi connectivity index (χ0) is 16.7. The lowest BCUT2D eigenvalue weighted by atomic mass is 10.1. The van der Waals surface area contributed by atoms with Gasteiger partial charge in [0.2, 0.25) is 5.91 Å². The maximum Gasteiger partial charge on any atom is 0.253 e. The number of anilines is 1. The minimum atomic E-state index is -0.200. The Morgan fingerprint density at radius 3 is 2.35 bits per heavy atom. The van der Waals surface area contributed by atoms with Crippen LogP contribution in [0.1, 0.15) is 36.2 Å². The molecule has 0 bridgehead atoms. The first kappa shape index (κ1) is 16.7. The van der Waals surface area contributed by atoms with Gasteiger partial charge in [-0.05, 0) is 24.1 Å². The van der Waals surface area contributed by atoms with E-state index in [1.54, 1.807) is 24.3 Å². The van der Waals surface area contributed by atoms with Gasteiger partial charge >= 0.3 is 0 Å². The molecule has 4 nitrogen and oxygen atoms in total. The van der Waals surface area contributed by atoms with Crippen LogP contribution in [0.5, 0.6) is 0 Å². The number of amides is 2. The first-order chi connectivity index (χ1) is 11.1. The lowest BCUT2D eigenvalue weighted by Crippen LogP contribution is -2.26. The summed E-state index contributed by atoms with van der Waals surface area (Å²) < 4.78 is 0. The van der Waals surface area contributed by atoms with Crippen LogP contribution in [-0.2, 0) is 11.3 Å². The zero-order valence-electron chi connectivity index (χ0n) is 13.5. The largest absolute Gasteiger partial charge is 0.348 e. The molecule has 2 aromatic carbocycles. The molecule has 1 unspecified atom stereocenters. The number of carbonyl (C=O) groups excluding carboxylic acids is 2. The molecule has 4 heteroatoms. The Labute approximate surface area is 136 Å². The third kappa shape index (κ3) is 4.68. The third-order valence-corrected chi connectivity index (χ3v) is 3.79. The maximum atomic E-state index is 12.4. The third-order valence-electron chi connectivity index (χ3n) is 3.79. The van der Waals surface area contributed by atoms with Crippen LogP contribution in [0.3, 0.4) is 0 Å². The summed E-state index contributed by atoms with van der Waals surface area (Å²) >= 11 is 0. The number of hydrogen-bond donors (Lipinski definition) is 2. The maximum absolute atomic E-state index is 12.4. The van der Waals surface area contributed by atoms with E-state index in [-0.39, 0.29) is 17.7 Å². The Bertz CT molecular complexity index is 668. The van der Waals surface area contributed by atoms with Crippen LogP contribution in [-0.4, -0.2) is 11.8 Å². The van der Waals surface area contributed by atoms with Gasteiger partial charge in [-0.2, -0.15) is 0 Å². The van der Waals surface area contributed by atoms with Crippen LogP contribution >= 0.6 is 0 Å². The topological polar surface area (TPSA) is 58.2 Å². The normalized spacial score (nSPS) is 11.6. The second kappa shape index (κ2) is 8.13. The Morgan fingerprint density at radius 2 is 1.65 bits per heavy atom. The highest BCUT2D eigenvalue weighted by molar-refractivity contribution is 6.04. The number of rotatable bonds is 6. The molecule has 0 saturated carbocycles. The van der Waals surface area contributed by atoms with Crippen LogP contribution in [0.2, 0.25) is 0 Å². The molecule has 0 heterocycles. The van der Waals surface area contributed by atoms with Gasteiger partial charge in [0.1, 0.15) is 0 Å². The van der Waals surface area contributed by atoms with Gasteiger partial charge in [-0.15, -0.1) is 0 Å². The van der Waals surface area contributed by atoms with E-state index in [1.165, 1.54) is 0 Å². The van der Waals surface area contributed by atoms with Crippen molar-refractivity contribution in [2.24, 2.45) is 5.92 Å². The zero-order valence-corrected chi connectivity index (χ0v) is 13.5. The van der Waals surface area contributed by atoms with Crippen molar-refractivity contribution in [2.75, 3.05) is 5.32 Å². The molecular weight excluding hydrogens is 288 g/mol. The number of hydrogen-bond acceptors (Lipinski definition) is 2. The molecule has 2 N–H and O–H groups in total. The van der Waals surface area contributed by atoms with Crippen molar-refractivity contribution >= 4 is 17.5 Å². The first-order valence-corrected chi connectivity index (χ1v) is 7.83. The monoisotopic (exact) mass is 310 g/mol. The fourth-order valence-corrected chi connectivity index (χ4v) is 2.10. The summed E-state index contributed by atoms with van der Waals surface area (Å²) in [6.45, 7) is 4.28. The van der Waals surface area contributed by atoms with E-state index in [4.69, 9.17) is 0 Å². The van der Waals surface area contributed by atoms with Crippen molar-refractivity contribution in [1.82, 2.24) is 5.32 Å². The molecule has 1 atom stereocenters. The van der Waals surface area contributed by atoms with Gasteiger partial charge in [-0.3, -0.25) is 9.59 Å². The quantitative estimate of drug-likeness (QED) is 0.856. The summed E-state index contributed by atoms with van der Waals surface area (Å²) in [5.74, 6) is -0.361. The Balaban J connectivity index is 2.07. The van der Waals surface area contributed by atoms with Gasteiger partial charge in [-0.1, -0.05) is 56.3 Å². The molecule has 0 radical (unpaired) electrons. The van der Waals surface area contributed by atoms with E-state index in [0.717, 1.165) is 12.0 Å². The van der Waals surface area contributed by atoms with Gasteiger partial charge in [0.25, 0.3) is 5.91 Å². The molecule has 0 aliphatic carbocycles. The molecule has 2 amide bonds. The van der Waals surface area contributed by atoms with Crippen molar-refractivity contribution < 1.29 is 9.59 Å².